The minimum atomic E-state index is 0.286. The molecular formula is C10H14BrClS. The molecule has 74 valence electrons. The lowest BCUT2D eigenvalue weighted by molar-refractivity contribution is 0.529. The molecule has 1 heterocycles. The van der Waals surface area contributed by atoms with Crippen LogP contribution < -0.4 is 0 Å². The number of rotatable bonds is 4. The molecule has 1 aromatic heterocycles. The molecule has 0 spiro atoms. The first-order valence-electron chi connectivity index (χ1n) is 4.45. The van der Waals surface area contributed by atoms with Crippen molar-refractivity contribution in [2.75, 3.05) is 0 Å². The molecule has 2 atom stereocenters. The van der Waals surface area contributed by atoms with Crippen molar-refractivity contribution in [3.8, 4) is 0 Å². The lowest BCUT2D eigenvalue weighted by Crippen LogP contribution is -2.04. The van der Waals surface area contributed by atoms with Crippen LogP contribution in [0.1, 0.15) is 25.1 Å². The molecular weight excluding hydrogens is 268 g/mol. The van der Waals surface area contributed by atoms with E-state index in [-0.39, 0.29) is 5.38 Å². The maximum atomic E-state index is 5.94. The van der Waals surface area contributed by atoms with Gasteiger partial charge in [-0.15, -0.1) is 22.9 Å². The van der Waals surface area contributed by atoms with Gasteiger partial charge in [-0.05, 0) is 53.1 Å². The lowest BCUT2D eigenvalue weighted by Gasteiger charge is -2.11. The molecule has 1 rings (SSSR count). The van der Waals surface area contributed by atoms with Gasteiger partial charge in [0.25, 0.3) is 0 Å². The number of hydrogen-bond donors (Lipinski definition) is 0. The molecule has 0 N–H and O–H groups in total. The zero-order valence-corrected chi connectivity index (χ0v) is 11.0. The van der Waals surface area contributed by atoms with Gasteiger partial charge in [0.05, 0.1) is 0 Å². The van der Waals surface area contributed by atoms with Crippen molar-refractivity contribution < 1.29 is 0 Å². The summed E-state index contributed by atoms with van der Waals surface area (Å²) in [6, 6.07) is 2.11. The fourth-order valence-electron chi connectivity index (χ4n) is 1.43. The minimum absolute atomic E-state index is 0.286. The first kappa shape index (κ1) is 11.5. The summed E-state index contributed by atoms with van der Waals surface area (Å²) in [7, 11) is 0. The van der Waals surface area contributed by atoms with Gasteiger partial charge in [0.1, 0.15) is 0 Å². The molecule has 0 aliphatic carbocycles. The molecule has 0 aliphatic rings. The first-order valence-corrected chi connectivity index (χ1v) is 6.56. The largest absolute Gasteiger partial charge is 0.148 e. The quantitative estimate of drug-likeness (QED) is 0.701. The molecule has 0 saturated carbocycles. The van der Waals surface area contributed by atoms with Crippen molar-refractivity contribution in [3.05, 3.63) is 20.8 Å². The fourth-order valence-corrected chi connectivity index (χ4v) is 3.41. The van der Waals surface area contributed by atoms with Gasteiger partial charge in [0.15, 0.2) is 0 Å². The van der Waals surface area contributed by atoms with Crippen molar-refractivity contribution in [2.24, 2.45) is 5.92 Å². The first-order chi connectivity index (χ1) is 6.09. The van der Waals surface area contributed by atoms with Gasteiger partial charge in [0.2, 0.25) is 0 Å². The van der Waals surface area contributed by atoms with Crippen LogP contribution in [0, 0.1) is 5.92 Å². The summed E-state index contributed by atoms with van der Waals surface area (Å²) < 4.78 is 1.24. The summed E-state index contributed by atoms with van der Waals surface area (Å²) in [4.78, 5) is 1.44. The van der Waals surface area contributed by atoms with Crippen LogP contribution in [-0.2, 0) is 6.42 Å². The highest BCUT2D eigenvalue weighted by atomic mass is 79.9. The highest BCUT2D eigenvalue weighted by Gasteiger charge is 2.10. The van der Waals surface area contributed by atoms with Crippen LogP contribution in [0.3, 0.4) is 0 Å². The van der Waals surface area contributed by atoms with E-state index in [1.165, 1.54) is 9.35 Å². The second kappa shape index (κ2) is 5.38. The number of hydrogen-bond acceptors (Lipinski definition) is 1. The van der Waals surface area contributed by atoms with Crippen molar-refractivity contribution in [2.45, 2.75) is 32.1 Å². The molecule has 13 heavy (non-hydrogen) atoms. The Kier molecular flexibility index (Phi) is 4.77. The molecule has 2 unspecified atom stereocenters. The molecule has 0 amide bonds. The summed E-state index contributed by atoms with van der Waals surface area (Å²) in [6.45, 7) is 4.31. The van der Waals surface area contributed by atoms with Gasteiger partial charge in [0, 0.05) is 14.7 Å². The second-order valence-corrected chi connectivity index (χ2v) is 6.12. The summed E-state index contributed by atoms with van der Waals surface area (Å²) in [5, 5.41) is 2.41. The Labute approximate surface area is 97.4 Å². The van der Waals surface area contributed by atoms with E-state index >= 15 is 0 Å². The zero-order valence-electron chi connectivity index (χ0n) is 7.89. The molecule has 3 heteroatoms. The third kappa shape index (κ3) is 4.01. The summed E-state index contributed by atoms with van der Waals surface area (Å²) in [5.74, 6) is 0.669. The van der Waals surface area contributed by atoms with E-state index in [2.05, 4.69) is 41.2 Å². The minimum Gasteiger partial charge on any atom is -0.148 e. The van der Waals surface area contributed by atoms with Crippen LogP contribution in [-0.4, -0.2) is 5.38 Å². The highest BCUT2D eigenvalue weighted by molar-refractivity contribution is 9.10. The highest BCUT2D eigenvalue weighted by Crippen LogP contribution is 2.27. The van der Waals surface area contributed by atoms with Crippen LogP contribution in [0.5, 0.6) is 0 Å². The topological polar surface area (TPSA) is 0 Å². The molecule has 0 saturated heterocycles. The zero-order chi connectivity index (χ0) is 9.84. The normalized spacial score (nSPS) is 15.7. The average molecular weight is 282 g/mol. The molecule has 0 aliphatic heterocycles. The fraction of sp³-hybridized carbons (Fsp3) is 0.600. The maximum absolute atomic E-state index is 5.94. The second-order valence-electron chi connectivity index (χ2n) is 3.52. The Morgan fingerprint density at radius 3 is 2.69 bits per heavy atom. The lowest BCUT2D eigenvalue weighted by atomic mass is 10.0. The van der Waals surface area contributed by atoms with Crippen LogP contribution in [0.4, 0.5) is 0 Å². The standard InChI is InChI=1S/C10H14BrClS/c1-7(5-8(2)12)6-10-9(11)3-4-13-10/h3-4,7-8H,5-6H2,1-2H3. The van der Waals surface area contributed by atoms with E-state index in [1.54, 1.807) is 0 Å². The molecule has 0 nitrogen and oxygen atoms in total. The van der Waals surface area contributed by atoms with E-state index < -0.39 is 0 Å². The van der Waals surface area contributed by atoms with Gasteiger partial charge >= 0.3 is 0 Å². The number of alkyl halides is 1. The van der Waals surface area contributed by atoms with Gasteiger partial charge < -0.3 is 0 Å². The van der Waals surface area contributed by atoms with Crippen LogP contribution >= 0.6 is 38.9 Å². The van der Waals surface area contributed by atoms with Gasteiger partial charge in [-0.3, -0.25) is 0 Å². The van der Waals surface area contributed by atoms with Gasteiger partial charge in [-0.1, -0.05) is 6.92 Å². The van der Waals surface area contributed by atoms with Gasteiger partial charge in [-0.25, -0.2) is 0 Å². The predicted molar refractivity (Wildman–Crippen MR) is 64.8 cm³/mol. The number of thiophene rings is 1. The van der Waals surface area contributed by atoms with E-state index in [0.717, 1.165) is 12.8 Å². The SMILES string of the molecule is CC(Cl)CC(C)Cc1sccc1Br. The summed E-state index contributed by atoms with van der Waals surface area (Å²) >= 11 is 11.3. The molecule has 0 radical (unpaired) electrons. The molecule has 0 bridgehead atoms. The monoisotopic (exact) mass is 280 g/mol. The molecule has 0 aromatic carbocycles. The van der Waals surface area contributed by atoms with Gasteiger partial charge in [-0.2, -0.15) is 0 Å². The average Bonchev–Trinajstić information content (AvgIpc) is 2.34. The molecule has 1 aromatic rings. The van der Waals surface area contributed by atoms with Crippen LogP contribution in [0.25, 0.3) is 0 Å². The summed E-state index contributed by atoms with van der Waals surface area (Å²) in [6.07, 6.45) is 2.22. The van der Waals surface area contributed by atoms with E-state index in [4.69, 9.17) is 11.6 Å². The van der Waals surface area contributed by atoms with Crippen molar-refractivity contribution in [3.63, 3.8) is 0 Å². The van der Waals surface area contributed by atoms with E-state index in [9.17, 15) is 0 Å². The van der Waals surface area contributed by atoms with Crippen molar-refractivity contribution >= 4 is 38.9 Å². The summed E-state index contributed by atoms with van der Waals surface area (Å²) in [5.41, 5.74) is 0. The smallest absolute Gasteiger partial charge is 0.0314 e. The third-order valence-electron chi connectivity index (χ3n) is 1.95. The predicted octanol–water partition coefficient (Wildman–Crippen LogP) is 4.71. The van der Waals surface area contributed by atoms with Crippen LogP contribution in [0.2, 0.25) is 0 Å². The van der Waals surface area contributed by atoms with Crippen molar-refractivity contribution in [1.29, 1.82) is 0 Å². The van der Waals surface area contributed by atoms with E-state index in [1.807, 2.05) is 11.3 Å². The Balaban J connectivity index is 2.45. The van der Waals surface area contributed by atoms with Crippen LogP contribution in [0.15, 0.2) is 15.9 Å². The number of halogens is 2. The van der Waals surface area contributed by atoms with E-state index in [0.29, 0.717) is 5.92 Å². The Morgan fingerprint density at radius 2 is 2.23 bits per heavy atom. The third-order valence-corrected chi connectivity index (χ3v) is 4.08. The van der Waals surface area contributed by atoms with Crippen molar-refractivity contribution in [1.82, 2.24) is 0 Å². The maximum Gasteiger partial charge on any atom is 0.0314 e. The Hall–Kier alpha value is 0.470. The Bertz CT molecular complexity index is 257. The Morgan fingerprint density at radius 1 is 1.54 bits per heavy atom. The molecule has 0 fully saturated rings.